The molecule has 1 heterocycles. The van der Waals surface area contributed by atoms with Crippen LogP contribution in [0, 0.1) is 11.3 Å². The van der Waals surface area contributed by atoms with E-state index in [0.29, 0.717) is 12.8 Å². The van der Waals surface area contributed by atoms with Crippen LogP contribution < -0.4 is 4.72 Å². The van der Waals surface area contributed by atoms with Crippen LogP contribution in [0.1, 0.15) is 39.0 Å². The van der Waals surface area contributed by atoms with E-state index < -0.39 is 10.0 Å². The summed E-state index contributed by atoms with van der Waals surface area (Å²) in [6, 6.07) is 1.90. The fraction of sp³-hybridized carbons (Fsp3) is 0.917. The molecule has 104 valence electrons. The Labute approximate surface area is 110 Å². The van der Waals surface area contributed by atoms with Crippen LogP contribution in [-0.4, -0.2) is 44.7 Å². The van der Waals surface area contributed by atoms with Gasteiger partial charge in [0.1, 0.15) is 0 Å². The standard InChI is InChI=1S/C12H23N3O2S/c1-12(11-15-8-4-2-5-9-15)14-18(16,17)10-6-3-7-13/h12,14H,2-6,8-11H2,1H3. The van der Waals surface area contributed by atoms with Crippen LogP contribution in [0.3, 0.4) is 0 Å². The molecule has 1 aliphatic heterocycles. The van der Waals surface area contributed by atoms with Gasteiger partial charge in [0, 0.05) is 19.0 Å². The van der Waals surface area contributed by atoms with Crippen molar-refractivity contribution in [1.29, 1.82) is 5.26 Å². The summed E-state index contributed by atoms with van der Waals surface area (Å²) in [5.74, 6) is 0.0465. The molecule has 1 saturated heterocycles. The normalized spacial score (nSPS) is 19.3. The highest BCUT2D eigenvalue weighted by Gasteiger charge is 2.18. The predicted molar refractivity (Wildman–Crippen MR) is 71.5 cm³/mol. The van der Waals surface area contributed by atoms with Crippen molar-refractivity contribution in [1.82, 2.24) is 9.62 Å². The molecule has 0 aliphatic carbocycles. The molecule has 0 spiro atoms. The van der Waals surface area contributed by atoms with Gasteiger partial charge in [-0.1, -0.05) is 6.42 Å². The van der Waals surface area contributed by atoms with Crippen LogP contribution in [-0.2, 0) is 10.0 Å². The Morgan fingerprint density at radius 1 is 1.33 bits per heavy atom. The first-order chi connectivity index (χ1) is 8.53. The predicted octanol–water partition coefficient (Wildman–Crippen LogP) is 1.08. The van der Waals surface area contributed by atoms with Crippen molar-refractivity contribution in [3.05, 3.63) is 0 Å². The summed E-state index contributed by atoms with van der Waals surface area (Å²) < 4.78 is 26.1. The largest absolute Gasteiger partial charge is 0.302 e. The highest BCUT2D eigenvalue weighted by molar-refractivity contribution is 7.89. The van der Waals surface area contributed by atoms with Gasteiger partial charge in [0.05, 0.1) is 11.8 Å². The second-order valence-corrected chi connectivity index (χ2v) is 6.83. The van der Waals surface area contributed by atoms with Gasteiger partial charge < -0.3 is 4.90 Å². The third kappa shape index (κ3) is 6.34. The lowest BCUT2D eigenvalue weighted by Crippen LogP contribution is -2.44. The van der Waals surface area contributed by atoms with Crippen LogP contribution >= 0.6 is 0 Å². The molecule has 0 radical (unpaired) electrons. The third-order valence-electron chi connectivity index (χ3n) is 3.06. The number of piperidine rings is 1. The number of nitrogens with zero attached hydrogens (tertiary/aromatic N) is 2. The molecule has 0 aromatic carbocycles. The van der Waals surface area contributed by atoms with Gasteiger partial charge in [0.25, 0.3) is 0 Å². The molecule has 1 aliphatic rings. The highest BCUT2D eigenvalue weighted by atomic mass is 32.2. The van der Waals surface area contributed by atoms with Gasteiger partial charge in [0.15, 0.2) is 0 Å². The highest BCUT2D eigenvalue weighted by Crippen LogP contribution is 2.09. The molecule has 5 nitrogen and oxygen atoms in total. The van der Waals surface area contributed by atoms with Crippen molar-refractivity contribution in [3.63, 3.8) is 0 Å². The van der Waals surface area contributed by atoms with Gasteiger partial charge in [-0.15, -0.1) is 0 Å². The van der Waals surface area contributed by atoms with E-state index in [-0.39, 0.29) is 11.8 Å². The van der Waals surface area contributed by atoms with E-state index in [1.165, 1.54) is 19.3 Å². The molecule has 0 bridgehead atoms. The van der Waals surface area contributed by atoms with Gasteiger partial charge in [-0.2, -0.15) is 5.26 Å². The minimum Gasteiger partial charge on any atom is -0.302 e. The Bertz CT molecular complexity index is 369. The molecule has 0 amide bonds. The molecule has 1 atom stereocenters. The molecule has 1 rings (SSSR count). The summed E-state index contributed by atoms with van der Waals surface area (Å²) in [5.41, 5.74) is 0. The van der Waals surface area contributed by atoms with Crippen molar-refractivity contribution >= 4 is 10.0 Å². The summed E-state index contributed by atoms with van der Waals surface area (Å²) in [4.78, 5) is 2.31. The maximum atomic E-state index is 11.7. The van der Waals surface area contributed by atoms with Crippen molar-refractivity contribution in [2.75, 3.05) is 25.4 Å². The zero-order valence-electron chi connectivity index (χ0n) is 11.1. The van der Waals surface area contributed by atoms with E-state index in [4.69, 9.17) is 5.26 Å². The van der Waals surface area contributed by atoms with Crippen LogP contribution in [0.2, 0.25) is 0 Å². The number of likely N-dealkylation sites (tertiary alicyclic amines) is 1. The molecule has 0 aromatic heterocycles. The molecule has 6 heteroatoms. The summed E-state index contributed by atoms with van der Waals surface area (Å²) in [6.45, 7) is 4.81. The van der Waals surface area contributed by atoms with E-state index >= 15 is 0 Å². The summed E-state index contributed by atoms with van der Waals surface area (Å²) in [7, 11) is -3.23. The number of unbranched alkanes of at least 4 members (excludes halogenated alkanes) is 1. The number of rotatable bonds is 7. The molecule has 0 aromatic rings. The Hall–Kier alpha value is -0.640. The zero-order chi connectivity index (χ0) is 13.4. The number of hydrogen-bond donors (Lipinski definition) is 1. The van der Waals surface area contributed by atoms with Crippen molar-refractivity contribution in [2.45, 2.75) is 45.1 Å². The Morgan fingerprint density at radius 2 is 2.00 bits per heavy atom. The maximum absolute atomic E-state index is 11.7. The molecular formula is C12H23N3O2S. The molecule has 18 heavy (non-hydrogen) atoms. The first-order valence-electron chi connectivity index (χ1n) is 6.63. The van der Waals surface area contributed by atoms with E-state index in [2.05, 4.69) is 9.62 Å². The fourth-order valence-electron chi connectivity index (χ4n) is 2.27. The monoisotopic (exact) mass is 273 g/mol. The molecular weight excluding hydrogens is 250 g/mol. The first kappa shape index (κ1) is 15.4. The smallest absolute Gasteiger partial charge is 0.211 e. The quantitative estimate of drug-likeness (QED) is 0.705. The van der Waals surface area contributed by atoms with E-state index in [9.17, 15) is 8.42 Å². The van der Waals surface area contributed by atoms with Crippen LogP contribution in [0.4, 0.5) is 0 Å². The second kappa shape index (κ2) is 7.72. The second-order valence-electron chi connectivity index (χ2n) is 4.96. The van der Waals surface area contributed by atoms with Gasteiger partial charge >= 0.3 is 0 Å². The fourth-order valence-corrected chi connectivity index (χ4v) is 3.60. The van der Waals surface area contributed by atoms with Crippen molar-refractivity contribution < 1.29 is 8.42 Å². The Morgan fingerprint density at radius 3 is 2.61 bits per heavy atom. The lowest BCUT2D eigenvalue weighted by atomic mass is 10.1. The van der Waals surface area contributed by atoms with Crippen molar-refractivity contribution in [3.8, 4) is 6.07 Å². The average Bonchev–Trinajstić information content (AvgIpc) is 2.29. The zero-order valence-corrected chi connectivity index (χ0v) is 11.9. The first-order valence-corrected chi connectivity index (χ1v) is 8.28. The lowest BCUT2D eigenvalue weighted by Gasteiger charge is -2.29. The Balaban J connectivity index is 2.29. The van der Waals surface area contributed by atoms with Crippen LogP contribution in [0.5, 0.6) is 0 Å². The number of hydrogen-bond acceptors (Lipinski definition) is 4. The number of nitrogens with one attached hydrogen (secondary N) is 1. The van der Waals surface area contributed by atoms with Crippen LogP contribution in [0.15, 0.2) is 0 Å². The minimum atomic E-state index is -3.23. The van der Waals surface area contributed by atoms with E-state index in [1.54, 1.807) is 0 Å². The summed E-state index contributed by atoms with van der Waals surface area (Å²) in [6.07, 6.45) is 4.40. The number of nitriles is 1. The molecule has 1 fully saturated rings. The van der Waals surface area contributed by atoms with Gasteiger partial charge in [-0.05, 0) is 39.3 Å². The van der Waals surface area contributed by atoms with Gasteiger partial charge in [0.2, 0.25) is 10.0 Å². The molecule has 1 N–H and O–H groups in total. The Kier molecular flexibility index (Phi) is 6.61. The minimum absolute atomic E-state index is 0.0465. The summed E-state index contributed by atoms with van der Waals surface area (Å²) >= 11 is 0. The average molecular weight is 273 g/mol. The number of sulfonamides is 1. The molecule has 1 unspecified atom stereocenters. The van der Waals surface area contributed by atoms with Gasteiger partial charge in [-0.25, -0.2) is 13.1 Å². The lowest BCUT2D eigenvalue weighted by molar-refractivity contribution is 0.215. The topological polar surface area (TPSA) is 73.2 Å². The van der Waals surface area contributed by atoms with E-state index in [0.717, 1.165) is 19.6 Å². The molecule has 0 saturated carbocycles. The third-order valence-corrected chi connectivity index (χ3v) is 4.65. The van der Waals surface area contributed by atoms with Crippen LogP contribution in [0.25, 0.3) is 0 Å². The van der Waals surface area contributed by atoms with Gasteiger partial charge in [-0.3, -0.25) is 0 Å². The SMILES string of the molecule is CC(CN1CCCCC1)NS(=O)(=O)CCCC#N. The van der Waals surface area contributed by atoms with Crippen molar-refractivity contribution in [2.24, 2.45) is 0 Å². The maximum Gasteiger partial charge on any atom is 0.211 e. The summed E-state index contributed by atoms with van der Waals surface area (Å²) in [5, 5.41) is 8.39. The van der Waals surface area contributed by atoms with E-state index in [1.807, 2.05) is 13.0 Å².